The summed E-state index contributed by atoms with van der Waals surface area (Å²) in [4.78, 5) is 14.2. The molecule has 7 aromatic carbocycles. The lowest BCUT2D eigenvalue weighted by Gasteiger charge is -2.18. The molecule has 0 aliphatic rings. The zero-order chi connectivity index (χ0) is 37.7. The van der Waals surface area contributed by atoms with E-state index in [1.807, 2.05) is 36.9 Å². The van der Waals surface area contributed by atoms with Gasteiger partial charge < -0.3 is 4.57 Å². The Hall–Kier alpha value is -7.69. The number of hydrogen-bond acceptors (Lipinski definition) is 3. The molecule has 4 aromatic heterocycles. The van der Waals surface area contributed by atoms with Crippen molar-refractivity contribution in [3.63, 3.8) is 0 Å². The van der Waals surface area contributed by atoms with Gasteiger partial charge in [0.2, 0.25) is 0 Å². The third-order valence-corrected chi connectivity index (χ3v) is 11.2. The zero-order valence-electron chi connectivity index (χ0n) is 30.9. The highest BCUT2D eigenvalue weighted by Gasteiger charge is 2.19. The second-order valence-electron chi connectivity index (χ2n) is 14.4. The maximum Gasteiger partial charge on any atom is 0.0728 e. The van der Waals surface area contributed by atoms with E-state index in [9.17, 15) is 0 Å². The second kappa shape index (κ2) is 13.6. The number of rotatable bonds is 6. The predicted molar refractivity (Wildman–Crippen MR) is 236 cm³/mol. The first-order chi connectivity index (χ1) is 28.3. The van der Waals surface area contributed by atoms with Crippen LogP contribution in [0.2, 0.25) is 0 Å². The van der Waals surface area contributed by atoms with Crippen LogP contribution in [0.4, 0.5) is 0 Å². The number of benzene rings is 7. The molecule has 4 nitrogen and oxygen atoms in total. The molecule has 0 fully saturated rings. The van der Waals surface area contributed by atoms with Gasteiger partial charge in [-0.05, 0) is 110 Å². The molecule has 0 bridgehead atoms. The van der Waals surface area contributed by atoms with Crippen LogP contribution < -0.4 is 0 Å². The molecule has 0 saturated heterocycles. The van der Waals surface area contributed by atoms with Crippen LogP contribution in [-0.2, 0) is 0 Å². The zero-order valence-corrected chi connectivity index (χ0v) is 30.9. The lowest BCUT2D eigenvalue weighted by atomic mass is 9.86. The minimum atomic E-state index is 0.906. The molecule has 4 heterocycles. The molecule has 0 atom stereocenters. The van der Waals surface area contributed by atoms with E-state index in [2.05, 4.69) is 184 Å². The predicted octanol–water partition coefficient (Wildman–Crippen LogP) is 13.6. The van der Waals surface area contributed by atoms with Crippen molar-refractivity contribution >= 4 is 43.4 Å². The summed E-state index contributed by atoms with van der Waals surface area (Å²) in [6.07, 6.45) is 7.52. The van der Waals surface area contributed by atoms with Crippen LogP contribution in [0.1, 0.15) is 0 Å². The van der Waals surface area contributed by atoms with Crippen LogP contribution in [0.5, 0.6) is 0 Å². The Morgan fingerprint density at radius 1 is 0.316 bits per heavy atom. The Kier molecular flexibility index (Phi) is 7.78. The molecule has 11 rings (SSSR count). The summed E-state index contributed by atoms with van der Waals surface area (Å²) in [5.41, 5.74) is 14.4. The molecule has 0 saturated carbocycles. The van der Waals surface area contributed by atoms with Gasteiger partial charge in [0.1, 0.15) is 0 Å². The average molecular weight is 727 g/mol. The van der Waals surface area contributed by atoms with Crippen molar-refractivity contribution in [2.45, 2.75) is 0 Å². The first kappa shape index (κ1) is 32.7. The number of fused-ring (bicyclic) bond motifs is 5. The van der Waals surface area contributed by atoms with E-state index in [-0.39, 0.29) is 0 Å². The molecule has 0 amide bonds. The van der Waals surface area contributed by atoms with Gasteiger partial charge in [0.05, 0.1) is 22.4 Å². The van der Waals surface area contributed by atoms with Crippen LogP contribution in [0.15, 0.2) is 207 Å². The number of pyridine rings is 3. The fraction of sp³-hybridized carbons (Fsp3) is 0. The lowest BCUT2D eigenvalue weighted by Crippen LogP contribution is -1.95. The van der Waals surface area contributed by atoms with Gasteiger partial charge in [0.15, 0.2) is 0 Å². The van der Waals surface area contributed by atoms with Gasteiger partial charge in [0, 0.05) is 52.4 Å². The molecular formula is C53H34N4. The van der Waals surface area contributed by atoms with Gasteiger partial charge in [-0.15, -0.1) is 0 Å². The lowest BCUT2D eigenvalue weighted by molar-refractivity contribution is 1.17. The summed E-state index contributed by atoms with van der Waals surface area (Å²) in [6.45, 7) is 0. The maximum absolute atomic E-state index is 5.41. The third-order valence-electron chi connectivity index (χ3n) is 11.2. The fourth-order valence-corrected chi connectivity index (χ4v) is 8.57. The molecule has 11 aromatic rings. The smallest absolute Gasteiger partial charge is 0.0728 e. The van der Waals surface area contributed by atoms with E-state index in [4.69, 9.17) is 4.98 Å². The molecule has 57 heavy (non-hydrogen) atoms. The molecule has 4 heteroatoms. The van der Waals surface area contributed by atoms with E-state index < -0.39 is 0 Å². The van der Waals surface area contributed by atoms with Crippen LogP contribution >= 0.6 is 0 Å². The van der Waals surface area contributed by atoms with Crippen molar-refractivity contribution in [2.75, 3.05) is 0 Å². The number of para-hydroxylation sites is 1. The van der Waals surface area contributed by atoms with Crippen LogP contribution in [0.25, 0.3) is 105 Å². The number of aromatic nitrogens is 4. The highest BCUT2D eigenvalue weighted by atomic mass is 15.0. The first-order valence-corrected chi connectivity index (χ1v) is 19.2. The van der Waals surface area contributed by atoms with Crippen LogP contribution in [0, 0.1) is 0 Å². The highest BCUT2D eigenvalue weighted by molar-refractivity contribution is 6.21. The standard InChI is InChI=1S/C53H34N4/c1-3-11-38(12-4-1)52-42-15-7-9-17-44(42)53(45-18-10-8-16-43(45)52)49-33-40(32-48(56-49)37-25-28-54-29-26-37)36-21-19-35(20-22-36)39-23-24-50-46(31-39)47-34-55-30-27-51(47)57(50)41-13-5-2-6-14-41/h1-34H. The SMILES string of the molecule is c1ccc(-c2c3ccccc3c(-c3cc(-c4ccc(-c5ccc6c(c5)c5cnccc5n6-c5ccccc5)cc4)cc(-c4ccncc4)n3)c3ccccc23)cc1. The van der Waals surface area contributed by atoms with Crippen molar-refractivity contribution in [2.24, 2.45) is 0 Å². The third kappa shape index (κ3) is 5.58. The molecule has 0 unspecified atom stereocenters. The molecule has 0 radical (unpaired) electrons. The highest BCUT2D eigenvalue weighted by Crippen LogP contribution is 2.44. The topological polar surface area (TPSA) is 43.6 Å². The van der Waals surface area contributed by atoms with E-state index in [0.717, 1.165) is 66.9 Å². The summed E-state index contributed by atoms with van der Waals surface area (Å²) in [6, 6.07) is 65.1. The van der Waals surface area contributed by atoms with Gasteiger partial charge in [0.25, 0.3) is 0 Å². The quantitative estimate of drug-likeness (QED) is 0.160. The summed E-state index contributed by atoms with van der Waals surface area (Å²) in [7, 11) is 0. The van der Waals surface area contributed by atoms with Gasteiger partial charge >= 0.3 is 0 Å². The molecule has 0 spiro atoms. The van der Waals surface area contributed by atoms with Gasteiger partial charge in [-0.3, -0.25) is 9.97 Å². The summed E-state index contributed by atoms with van der Waals surface area (Å²) in [5, 5.41) is 7.09. The Morgan fingerprint density at radius 3 is 1.54 bits per heavy atom. The van der Waals surface area contributed by atoms with E-state index in [1.165, 1.54) is 38.1 Å². The van der Waals surface area contributed by atoms with Crippen LogP contribution in [0.3, 0.4) is 0 Å². The van der Waals surface area contributed by atoms with Crippen molar-refractivity contribution in [1.82, 2.24) is 19.5 Å². The Labute approximate surface area is 330 Å². The van der Waals surface area contributed by atoms with Gasteiger partial charge in [-0.1, -0.05) is 127 Å². The van der Waals surface area contributed by atoms with E-state index in [0.29, 0.717) is 0 Å². The van der Waals surface area contributed by atoms with Gasteiger partial charge in [-0.2, -0.15) is 0 Å². The Bertz CT molecular complexity index is 3200. The molecule has 0 N–H and O–H groups in total. The molecule has 266 valence electrons. The Balaban J connectivity index is 1.07. The summed E-state index contributed by atoms with van der Waals surface area (Å²) in [5.74, 6) is 0. The number of hydrogen-bond donors (Lipinski definition) is 0. The molecule has 0 aliphatic heterocycles. The Morgan fingerprint density at radius 2 is 0.860 bits per heavy atom. The van der Waals surface area contributed by atoms with Crippen molar-refractivity contribution < 1.29 is 0 Å². The summed E-state index contributed by atoms with van der Waals surface area (Å²) >= 11 is 0. The second-order valence-corrected chi connectivity index (χ2v) is 14.4. The van der Waals surface area contributed by atoms with Crippen molar-refractivity contribution in [3.05, 3.63) is 207 Å². The minimum Gasteiger partial charge on any atom is -0.309 e. The monoisotopic (exact) mass is 726 g/mol. The van der Waals surface area contributed by atoms with Crippen molar-refractivity contribution in [1.29, 1.82) is 0 Å². The maximum atomic E-state index is 5.41. The number of nitrogens with zero attached hydrogens (tertiary/aromatic N) is 4. The molecule has 0 aliphatic carbocycles. The summed E-state index contributed by atoms with van der Waals surface area (Å²) < 4.78 is 2.32. The molecular weight excluding hydrogens is 693 g/mol. The van der Waals surface area contributed by atoms with Crippen LogP contribution in [-0.4, -0.2) is 19.5 Å². The normalized spacial score (nSPS) is 11.5. The van der Waals surface area contributed by atoms with Crippen molar-refractivity contribution in [3.8, 4) is 61.6 Å². The first-order valence-electron chi connectivity index (χ1n) is 19.2. The largest absolute Gasteiger partial charge is 0.309 e. The van der Waals surface area contributed by atoms with E-state index in [1.54, 1.807) is 0 Å². The minimum absolute atomic E-state index is 0.906. The average Bonchev–Trinajstić information content (AvgIpc) is 3.62. The van der Waals surface area contributed by atoms with E-state index >= 15 is 0 Å². The van der Waals surface area contributed by atoms with Gasteiger partial charge in [-0.25, -0.2) is 4.98 Å². The fourth-order valence-electron chi connectivity index (χ4n) is 8.57.